The smallest absolute Gasteiger partial charge is 0.245 e. The Bertz CT molecular complexity index is 539. The van der Waals surface area contributed by atoms with Gasteiger partial charge in [0.2, 0.25) is 10.0 Å². The standard InChI is InChI=1S/C14H22N2O2S/c1-10-7-11(2)9-16(8-10)19(17,18)14-12(3)5-4-6-13(14)15/h4-6,10-11H,7-9,15H2,1-3H3. The fourth-order valence-corrected chi connectivity index (χ4v) is 4.96. The molecule has 0 aromatic heterocycles. The first-order chi connectivity index (χ1) is 8.82. The van der Waals surface area contributed by atoms with E-state index in [0.29, 0.717) is 36.2 Å². The van der Waals surface area contributed by atoms with Crippen molar-refractivity contribution in [3.05, 3.63) is 23.8 Å². The molecule has 1 aromatic carbocycles. The summed E-state index contributed by atoms with van der Waals surface area (Å²) < 4.78 is 27.1. The Balaban J connectivity index is 2.42. The maximum atomic E-state index is 12.8. The Morgan fingerprint density at radius 2 is 1.79 bits per heavy atom. The SMILES string of the molecule is Cc1cccc(N)c1S(=O)(=O)N1CC(C)CC(C)C1. The van der Waals surface area contributed by atoms with Crippen molar-refractivity contribution in [3.63, 3.8) is 0 Å². The average molecular weight is 282 g/mol. The van der Waals surface area contributed by atoms with Crippen LogP contribution in [-0.4, -0.2) is 25.8 Å². The zero-order valence-electron chi connectivity index (χ0n) is 11.8. The number of benzene rings is 1. The quantitative estimate of drug-likeness (QED) is 0.846. The summed E-state index contributed by atoms with van der Waals surface area (Å²) in [6, 6.07) is 5.22. The number of hydrogen-bond acceptors (Lipinski definition) is 3. The summed E-state index contributed by atoms with van der Waals surface area (Å²) in [5, 5.41) is 0. The fraction of sp³-hybridized carbons (Fsp3) is 0.571. The number of nitrogens with zero attached hydrogens (tertiary/aromatic N) is 1. The third-order valence-corrected chi connectivity index (χ3v) is 5.73. The van der Waals surface area contributed by atoms with E-state index in [1.165, 1.54) is 0 Å². The number of anilines is 1. The predicted octanol–water partition coefficient (Wildman–Crippen LogP) is 2.24. The highest BCUT2D eigenvalue weighted by atomic mass is 32.2. The van der Waals surface area contributed by atoms with Gasteiger partial charge in [0.05, 0.1) is 5.69 Å². The van der Waals surface area contributed by atoms with Crippen molar-refractivity contribution in [1.29, 1.82) is 0 Å². The molecule has 5 heteroatoms. The van der Waals surface area contributed by atoms with Gasteiger partial charge in [-0.3, -0.25) is 0 Å². The van der Waals surface area contributed by atoms with E-state index in [1.807, 2.05) is 0 Å². The van der Waals surface area contributed by atoms with Gasteiger partial charge in [-0.1, -0.05) is 26.0 Å². The number of nitrogens with two attached hydrogens (primary N) is 1. The van der Waals surface area contributed by atoms with Crippen LogP contribution < -0.4 is 5.73 Å². The van der Waals surface area contributed by atoms with Gasteiger partial charge in [0.25, 0.3) is 0 Å². The van der Waals surface area contributed by atoms with Crippen molar-refractivity contribution < 1.29 is 8.42 Å². The van der Waals surface area contributed by atoms with Gasteiger partial charge in [-0.25, -0.2) is 8.42 Å². The van der Waals surface area contributed by atoms with Crippen molar-refractivity contribution >= 4 is 15.7 Å². The van der Waals surface area contributed by atoms with E-state index in [9.17, 15) is 8.42 Å². The minimum absolute atomic E-state index is 0.274. The van der Waals surface area contributed by atoms with Gasteiger partial charge in [0, 0.05) is 13.1 Å². The molecule has 0 saturated carbocycles. The molecule has 0 radical (unpaired) electrons. The van der Waals surface area contributed by atoms with E-state index < -0.39 is 10.0 Å². The molecule has 4 nitrogen and oxygen atoms in total. The van der Waals surface area contributed by atoms with Crippen molar-refractivity contribution in [2.24, 2.45) is 11.8 Å². The van der Waals surface area contributed by atoms with Gasteiger partial charge in [-0.15, -0.1) is 0 Å². The van der Waals surface area contributed by atoms with Crippen LogP contribution in [0, 0.1) is 18.8 Å². The van der Waals surface area contributed by atoms with Crippen LogP contribution in [0.25, 0.3) is 0 Å². The Morgan fingerprint density at radius 3 is 2.32 bits per heavy atom. The lowest BCUT2D eigenvalue weighted by molar-refractivity contribution is 0.222. The molecule has 0 bridgehead atoms. The number of aryl methyl sites for hydroxylation is 1. The lowest BCUT2D eigenvalue weighted by Crippen LogP contribution is -2.42. The summed E-state index contributed by atoms with van der Waals surface area (Å²) in [6.45, 7) is 7.15. The first-order valence-electron chi connectivity index (χ1n) is 6.67. The summed E-state index contributed by atoms with van der Waals surface area (Å²) in [4.78, 5) is 0.274. The lowest BCUT2D eigenvalue weighted by Gasteiger charge is -2.34. The van der Waals surface area contributed by atoms with Crippen LogP contribution in [0.4, 0.5) is 5.69 Å². The molecule has 1 aliphatic rings. The summed E-state index contributed by atoms with van der Waals surface area (Å²) in [6.07, 6.45) is 1.08. The molecule has 2 N–H and O–H groups in total. The second-order valence-electron chi connectivity index (χ2n) is 5.76. The number of piperidine rings is 1. The largest absolute Gasteiger partial charge is 0.398 e. The molecule has 1 heterocycles. The van der Waals surface area contributed by atoms with Crippen LogP contribution in [0.5, 0.6) is 0 Å². The van der Waals surface area contributed by atoms with Crippen LogP contribution in [0.15, 0.2) is 23.1 Å². The summed E-state index contributed by atoms with van der Waals surface area (Å²) in [7, 11) is -3.48. The van der Waals surface area contributed by atoms with Gasteiger partial charge in [0.1, 0.15) is 4.90 Å². The van der Waals surface area contributed by atoms with Gasteiger partial charge < -0.3 is 5.73 Å². The molecule has 2 atom stereocenters. The van der Waals surface area contributed by atoms with Gasteiger partial charge >= 0.3 is 0 Å². The minimum atomic E-state index is -3.48. The second kappa shape index (κ2) is 5.13. The summed E-state index contributed by atoms with van der Waals surface area (Å²) in [5.74, 6) is 0.785. The Morgan fingerprint density at radius 1 is 1.21 bits per heavy atom. The van der Waals surface area contributed by atoms with Gasteiger partial charge in [0.15, 0.2) is 0 Å². The highest BCUT2D eigenvalue weighted by molar-refractivity contribution is 7.89. The highest BCUT2D eigenvalue weighted by Crippen LogP contribution is 2.30. The lowest BCUT2D eigenvalue weighted by atomic mass is 9.94. The predicted molar refractivity (Wildman–Crippen MR) is 77.3 cm³/mol. The first-order valence-corrected chi connectivity index (χ1v) is 8.11. The van der Waals surface area contributed by atoms with Crippen molar-refractivity contribution in [1.82, 2.24) is 4.31 Å². The van der Waals surface area contributed by atoms with Crippen LogP contribution in [0.2, 0.25) is 0 Å². The zero-order valence-corrected chi connectivity index (χ0v) is 12.6. The molecule has 1 fully saturated rings. The van der Waals surface area contributed by atoms with Crippen LogP contribution >= 0.6 is 0 Å². The van der Waals surface area contributed by atoms with E-state index in [1.54, 1.807) is 29.4 Å². The van der Waals surface area contributed by atoms with Crippen molar-refractivity contribution in [2.45, 2.75) is 32.1 Å². The molecule has 1 aromatic rings. The van der Waals surface area contributed by atoms with E-state index >= 15 is 0 Å². The Hall–Kier alpha value is -1.07. The molecule has 0 amide bonds. The van der Waals surface area contributed by atoms with Crippen molar-refractivity contribution in [3.8, 4) is 0 Å². The molecular weight excluding hydrogens is 260 g/mol. The van der Waals surface area contributed by atoms with Crippen LogP contribution in [-0.2, 0) is 10.0 Å². The minimum Gasteiger partial charge on any atom is -0.398 e. The third-order valence-electron chi connectivity index (χ3n) is 3.68. The highest BCUT2D eigenvalue weighted by Gasteiger charge is 2.33. The molecular formula is C14H22N2O2S. The molecule has 0 aliphatic carbocycles. The molecule has 2 rings (SSSR count). The molecule has 19 heavy (non-hydrogen) atoms. The number of nitrogen functional groups attached to an aromatic ring is 1. The van der Waals surface area contributed by atoms with E-state index in [-0.39, 0.29) is 4.90 Å². The van der Waals surface area contributed by atoms with Crippen molar-refractivity contribution in [2.75, 3.05) is 18.8 Å². The maximum Gasteiger partial charge on any atom is 0.245 e. The normalized spacial score (nSPS) is 25.4. The third kappa shape index (κ3) is 2.77. The van der Waals surface area contributed by atoms with Crippen LogP contribution in [0.1, 0.15) is 25.8 Å². The monoisotopic (exact) mass is 282 g/mol. The van der Waals surface area contributed by atoms with Crippen LogP contribution in [0.3, 0.4) is 0 Å². The molecule has 1 saturated heterocycles. The Kier molecular flexibility index (Phi) is 3.87. The molecule has 1 aliphatic heterocycles. The second-order valence-corrected chi connectivity index (χ2v) is 7.64. The number of rotatable bonds is 2. The first kappa shape index (κ1) is 14.3. The van der Waals surface area contributed by atoms with E-state index in [0.717, 1.165) is 6.42 Å². The summed E-state index contributed by atoms with van der Waals surface area (Å²) in [5.41, 5.74) is 6.93. The van der Waals surface area contributed by atoms with E-state index in [2.05, 4.69) is 13.8 Å². The molecule has 0 spiro atoms. The molecule has 106 valence electrons. The topological polar surface area (TPSA) is 63.4 Å². The maximum absolute atomic E-state index is 12.8. The number of hydrogen-bond donors (Lipinski definition) is 1. The van der Waals surface area contributed by atoms with Gasteiger partial charge in [-0.2, -0.15) is 4.31 Å². The molecule has 2 unspecified atom stereocenters. The average Bonchev–Trinajstić information content (AvgIpc) is 2.26. The van der Waals surface area contributed by atoms with Gasteiger partial charge in [-0.05, 0) is 36.8 Å². The fourth-order valence-electron chi connectivity index (χ4n) is 2.96. The number of sulfonamides is 1. The summed E-state index contributed by atoms with van der Waals surface area (Å²) >= 11 is 0. The Labute approximate surface area is 115 Å². The zero-order chi connectivity index (χ0) is 14.2. The van der Waals surface area contributed by atoms with E-state index in [4.69, 9.17) is 5.73 Å².